The van der Waals surface area contributed by atoms with Crippen LogP contribution >= 0.6 is 11.6 Å². The summed E-state index contributed by atoms with van der Waals surface area (Å²) in [5.41, 5.74) is 2.16. The Labute approximate surface area is 101 Å². The van der Waals surface area contributed by atoms with Crippen LogP contribution in [0.15, 0.2) is 18.2 Å². The lowest BCUT2D eigenvalue weighted by Gasteiger charge is -2.23. The molecule has 1 aromatic rings. The number of anilines is 1. The molecule has 0 amide bonds. The second-order valence-electron chi connectivity index (χ2n) is 3.97. The number of halogens is 1. The average molecular weight is 242 g/mol. The average Bonchev–Trinajstić information content (AvgIpc) is 2.32. The van der Waals surface area contributed by atoms with Gasteiger partial charge in [0.2, 0.25) is 0 Å². The molecule has 2 rings (SSSR count). The van der Waals surface area contributed by atoms with Crippen molar-refractivity contribution in [3.8, 4) is 0 Å². The van der Waals surface area contributed by atoms with Crippen LogP contribution in [0.5, 0.6) is 0 Å². The van der Waals surface area contributed by atoms with Crippen molar-refractivity contribution < 1.29 is 9.47 Å². The fourth-order valence-corrected chi connectivity index (χ4v) is 1.85. The Morgan fingerprint density at radius 2 is 2.38 bits per heavy atom. The van der Waals surface area contributed by atoms with Crippen molar-refractivity contribution in [2.75, 3.05) is 25.3 Å². The zero-order chi connectivity index (χ0) is 11.4. The van der Waals surface area contributed by atoms with Gasteiger partial charge in [-0.05, 0) is 31.0 Å². The standard InChI is InChI=1S/C12H16ClNO2/c1-9-2-3-11(13)12(6-9)14-7-10-4-5-15-8-16-10/h2-3,6,10,14H,4-5,7-8H2,1H3. The van der Waals surface area contributed by atoms with Gasteiger partial charge in [-0.15, -0.1) is 0 Å². The maximum Gasteiger partial charge on any atom is 0.147 e. The van der Waals surface area contributed by atoms with Crippen molar-refractivity contribution >= 4 is 17.3 Å². The minimum atomic E-state index is 0.213. The second-order valence-corrected chi connectivity index (χ2v) is 4.37. The van der Waals surface area contributed by atoms with E-state index >= 15 is 0 Å². The van der Waals surface area contributed by atoms with E-state index in [1.165, 1.54) is 5.56 Å². The quantitative estimate of drug-likeness (QED) is 0.883. The summed E-state index contributed by atoms with van der Waals surface area (Å²) in [4.78, 5) is 0. The first-order valence-corrected chi connectivity index (χ1v) is 5.83. The van der Waals surface area contributed by atoms with E-state index in [2.05, 4.69) is 5.32 Å². The van der Waals surface area contributed by atoms with Crippen LogP contribution in [0.1, 0.15) is 12.0 Å². The van der Waals surface area contributed by atoms with Crippen LogP contribution in [0.25, 0.3) is 0 Å². The van der Waals surface area contributed by atoms with Gasteiger partial charge in [0.1, 0.15) is 6.79 Å². The van der Waals surface area contributed by atoms with Crippen LogP contribution in [0, 0.1) is 6.92 Å². The number of rotatable bonds is 3. The number of ether oxygens (including phenoxy) is 2. The third kappa shape index (κ3) is 3.11. The predicted molar refractivity (Wildman–Crippen MR) is 65.0 cm³/mol. The molecule has 88 valence electrons. The van der Waals surface area contributed by atoms with Gasteiger partial charge < -0.3 is 14.8 Å². The summed E-state index contributed by atoms with van der Waals surface area (Å²) in [7, 11) is 0. The zero-order valence-corrected chi connectivity index (χ0v) is 10.1. The van der Waals surface area contributed by atoms with Gasteiger partial charge in [-0.1, -0.05) is 17.7 Å². The van der Waals surface area contributed by atoms with Crippen molar-refractivity contribution in [1.82, 2.24) is 0 Å². The Kier molecular flexibility index (Phi) is 4.04. The number of hydrogen-bond donors (Lipinski definition) is 1. The molecule has 16 heavy (non-hydrogen) atoms. The third-order valence-corrected chi connectivity index (χ3v) is 2.94. The highest BCUT2D eigenvalue weighted by atomic mass is 35.5. The topological polar surface area (TPSA) is 30.5 Å². The minimum Gasteiger partial charge on any atom is -0.381 e. The lowest BCUT2D eigenvalue weighted by molar-refractivity contribution is -0.133. The van der Waals surface area contributed by atoms with Crippen LogP contribution in [0.4, 0.5) is 5.69 Å². The summed E-state index contributed by atoms with van der Waals surface area (Å²) in [6.07, 6.45) is 1.14. The molecule has 1 unspecified atom stereocenters. The zero-order valence-electron chi connectivity index (χ0n) is 9.33. The molecule has 1 aliphatic heterocycles. The summed E-state index contributed by atoms with van der Waals surface area (Å²) >= 11 is 6.09. The predicted octanol–water partition coefficient (Wildman–Crippen LogP) is 2.82. The van der Waals surface area contributed by atoms with E-state index < -0.39 is 0 Å². The maximum atomic E-state index is 6.09. The van der Waals surface area contributed by atoms with E-state index in [4.69, 9.17) is 21.1 Å². The molecule has 0 bridgehead atoms. The summed E-state index contributed by atoms with van der Waals surface area (Å²) < 4.78 is 10.6. The van der Waals surface area contributed by atoms with Crippen LogP contribution in [0.3, 0.4) is 0 Å². The fourth-order valence-electron chi connectivity index (χ4n) is 1.66. The highest BCUT2D eigenvalue weighted by Gasteiger charge is 2.14. The van der Waals surface area contributed by atoms with Gasteiger partial charge in [0.05, 0.1) is 23.4 Å². The molecule has 1 N–H and O–H groups in total. The molecule has 3 nitrogen and oxygen atoms in total. The first-order valence-electron chi connectivity index (χ1n) is 5.45. The molecule has 1 atom stereocenters. The number of aryl methyl sites for hydroxylation is 1. The van der Waals surface area contributed by atoms with Crippen LogP contribution in [0.2, 0.25) is 5.02 Å². The summed E-state index contributed by atoms with van der Waals surface area (Å²) in [6, 6.07) is 5.95. The van der Waals surface area contributed by atoms with E-state index in [0.717, 1.165) is 30.3 Å². The molecule has 0 aliphatic carbocycles. The number of benzene rings is 1. The monoisotopic (exact) mass is 241 g/mol. The Balaban J connectivity index is 1.90. The lowest BCUT2D eigenvalue weighted by atomic mass is 10.2. The van der Waals surface area contributed by atoms with E-state index in [1.807, 2.05) is 25.1 Å². The Morgan fingerprint density at radius 1 is 1.50 bits per heavy atom. The van der Waals surface area contributed by atoms with Gasteiger partial charge in [-0.25, -0.2) is 0 Å². The van der Waals surface area contributed by atoms with Gasteiger partial charge in [-0.3, -0.25) is 0 Å². The molecule has 1 aliphatic rings. The molecular weight excluding hydrogens is 226 g/mol. The molecule has 1 saturated heterocycles. The van der Waals surface area contributed by atoms with Crippen molar-refractivity contribution in [1.29, 1.82) is 0 Å². The van der Waals surface area contributed by atoms with E-state index in [-0.39, 0.29) is 6.10 Å². The number of hydrogen-bond acceptors (Lipinski definition) is 3. The Hall–Kier alpha value is -0.770. The van der Waals surface area contributed by atoms with Crippen molar-refractivity contribution in [3.63, 3.8) is 0 Å². The molecule has 0 radical (unpaired) electrons. The highest BCUT2D eigenvalue weighted by Crippen LogP contribution is 2.23. The van der Waals surface area contributed by atoms with Gasteiger partial charge in [0.25, 0.3) is 0 Å². The summed E-state index contributed by atoms with van der Waals surface area (Å²) in [5.74, 6) is 0. The first-order chi connectivity index (χ1) is 7.75. The molecular formula is C12H16ClNO2. The minimum absolute atomic E-state index is 0.213. The van der Waals surface area contributed by atoms with Crippen molar-refractivity contribution in [3.05, 3.63) is 28.8 Å². The molecule has 1 fully saturated rings. The normalized spacial score (nSPS) is 20.8. The van der Waals surface area contributed by atoms with Gasteiger partial charge in [0.15, 0.2) is 0 Å². The molecule has 0 spiro atoms. The summed E-state index contributed by atoms with van der Waals surface area (Å²) in [5, 5.41) is 4.06. The van der Waals surface area contributed by atoms with Gasteiger partial charge in [0, 0.05) is 6.54 Å². The van der Waals surface area contributed by atoms with Crippen LogP contribution in [-0.2, 0) is 9.47 Å². The van der Waals surface area contributed by atoms with Crippen LogP contribution < -0.4 is 5.32 Å². The van der Waals surface area contributed by atoms with Gasteiger partial charge >= 0.3 is 0 Å². The molecule has 1 heterocycles. The highest BCUT2D eigenvalue weighted by molar-refractivity contribution is 6.33. The van der Waals surface area contributed by atoms with E-state index in [0.29, 0.717) is 6.79 Å². The largest absolute Gasteiger partial charge is 0.381 e. The van der Waals surface area contributed by atoms with Crippen LogP contribution in [-0.4, -0.2) is 26.0 Å². The smallest absolute Gasteiger partial charge is 0.147 e. The first kappa shape index (κ1) is 11.7. The Morgan fingerprint density at radius 3 is 3.12 bits per heavy atom. The molecule has 0 saturated carbocycles. The molecule has 1 aromatic carbocycles. The second kappa shape index (κ2) is 5.53. The van der Waals surface area contributed by atoms with E-state index in [1.54, 1.807) is 0 Å². The number of nitrogens with one attached hydrogen (secondary N) is 1. The fraction of sp³-hybridized carbons (Fsp3) is 0.500. The Bertz CT molecular complexity index is 351. The van der Waals surface area contributed by atoms with E-state index in [9.17, 15) is 0 Å². The van der Waals surface area contributed by atoms with Crippen molar-refractivity contribution in [2.24, 2.45) is 0 Å². The maximum absolute atomic E-state index is 6.09. The lowest BCUT2D eigenvalue weighted by Crippen LogP contribution is -2.30. The third-order valence-electron chi connectivity index (χ3n) is 2.61. The molecule has 4 heteroatoms. The van der Waals surface area contributed by atoms with Crippen molar-refractivity contribution in [2.45, 2.75) is 19.4 Å². The summed E-state index contributed by atoms with van der Waals surface area (Å²) in [6.45, 7) is 3.99. The SMILES string of the molecule is Cc1ccc(Cl)c(NCC2CCOCO2)c1. The van der Waals surface area contributed by atoms with Gasteiger partial charge in [-0.2, -0.15) is 0 Å². The molecule has 0 aromatic heterocycles.